The molecule has 0 radical (unpaired) electrons. The molecule has 6 nitrogen and oxygen atoms in total. The molecule has 21 heavy (non-hydrogen) atoms. The van der Waals surface area contributed by atoms with Crippen molar-refractivity contribution < 1.29 is 4.79 Å². The molecule has 0 fully saturated rings. The zero-order chi connectivity index (χ0) is 15.4. The quantitative estimate of drug-likeness (QED) is 0.908. The summed E-state index contributed by atoms with van der Waals surface area (Å²) in [5.74, 6) is 0.0908. The van der Waals surface area contributed by atoms with Gasteiger partial charge in [0.05, 0.1) is 17.6 Å². The Morgan fingerprint density at radius 1 is 1.24 bits per heavy atom. The van der Waals surface area contributed by atoms with Crippen LogP contribution in [0.1, 0.15) is 34.5 Å². The van der Waals surface area contributed by atoms with Crippen LogP contribution in [0.4, 0.5) is 0 Å². The van der Waals surface area contributed by atoms with Gasteiger partial charge in [-0.15, -0.1) is 0 Å². The Balaban J connectivity index is 1.86. The molecule has 1 N–H and O–H groups in total. The van der Waals surface area contributed by atoms with Crippen LogP contribution >= 0.6 is 0 Å². The first-order valence-corrected chi connectivity index (χ1v) is 7.03. The second-order valence-electron chi connectivity index (χ2n) is 5.47. The van der Waals surface area contributed by atoms with E-state index < -0.39 is 0 Å². The van der Waals surface area contributed by atoms with E-state index >= 15 is 0 Å². The summed E-state index contributed by atoms with van der Waals surface area (Å²) in [5, 5.41) is 7.31. The third-order valence-corrected chi connectivity index (χ3v) is 3.21. The lowest BCUT2D eigenvalue weighted by Gasteiger charge is -2.13. The number of rotatable bonds is 5. The smallest absolute Gasteiger partial charge is 0.271 e. The molecule has 1 amide bonds. The van der Waals surface area contributed by atoms with Gasteiger partial charge < -0.3 is 5.32 Å². The maximum atomic E-state index is 11.9. The molecular formula is C15H21N5O. The second kappa shape index (κ2) is 6.47. The lowest BCUT2D eigenvalue weighted by atomic mass is 10.2. The van der Waals surface area contributed by atoms with Crippen LogP contribution in [0.25, 0.3) is 0 Å². The van der Waals surface area contributed by atoms with Crippen molar-refractivity contribution in [3.63, 3.8) is 0 Å². The summed E-state index contributed by atoms with van der Waals surface area (Å²) in [6, 6.07) is 2.05. The SMILES string of the molecule is Cc1cnc(C(=O)NC[C@H](C)Cn2nc(C)cc2C)cn1. The fourth-order valence-corrected chi connectivity index (χ4v) is 2.09. The van der Waals surface area contributed by atoms with Crippen molar-refractivity contribution in [2.45, 2.75) is 34.2 Å². The molecule has 6 heteroatoms. The Morgan fingerprint density at radius 2 is 2.00 bits per heavy atom. The Bertz CT molecular complexity index is 617. The largest absolute Gasteiger partial charge is 0.350 e. The highest BCUT2D eigenvalue weighted by molar-refractivity contribution is 5.91. The van der Waals surface area contributed by atoms with E-state index in [1.807, 2.05) is 31.5 Å². The van der Waals surface area contributed by atoms with Gasteiger partial charge in [0.2, 0.25) is 0 Å². The van der Waals surface area contributed by atoms with Crippen LogP contribution in [0, 0.1) is 26.7 Å². The van der Waals surface area contributed by atoms with Gasteiger partial charge in [0, 0.05) is 25.0 Å². The Morgan fingerprint density at radius 3 is 2.57 bits per heavy atom. The van der Waals surface area contributed by atoms with Crippen molar-refractivity contribution in [3.05, 3.63) is 41.2 Å². The molecule has 112 valence electrons. The van der Waals surface area contributed by atoms with Crippen LogP contribution in [-0.2, 0) is 6.54 Å². The number of aryl methyl sites for hydroxylation is 3. The minimum absolute atomic E-state index is 0.192. The molecule has 2 rings (SSSR count). The monoisotopic (exact) mass is 287 g/mol. The maximum absolute atomic E-state index is 11.9. The Labute approximate surface area is 124 Å². The van der Waals surface area contributed by atoms with Crippen LogP contribution in [0.15, 0.2) is 18.5 Å². The van der Waals surface area contributed by atoms with Gasteiger partial charge in [0.25, 0.3) is 5.91 Å². The van der Waals surface area contributed by atoms with Gasteiger partial charge in [-0.3, -0.25) is 14.5 Å². The van der Waals surface area contributed by atoms with E-state index in [0.717, 1.165) is 23.6 Å². The Kier molecular flexibility index (Phi) is 4.67. The van der Waals surface area contributed by atoms with Crippen LogP contribution in [0.2, 0.25) is 0 Å². The van der Waals surface area contributed by atoms with Crippen molar-refractivity contribution in [2.75, 3.05) is 6.54 Å². The third-order valence-electron chi connectivity index (χ3n) is 3.21. The topological polar surface area (TPSA) is 72.7 Å². The average Bonchev–Trinajstić information content (AvgIpc) is 2.75. The lowest BCUT2D eigenvalue weighted by Crippen LogP contribution is -2.31. The molecule has 0 aromatic carbocycles. The summed E-state index contributed by atoms with van der Waals surface area (Å²) in [4.78, 5) is 20.1. The first kappa shape index (κ1) is 15.2. The molecule has 0 spiro atoms. The van der Waals surface area contributed by atoms with E-state index in [1.165, 1.54) is 6.20 Å². The second-order valence-corrected chi connectivity index (χ2v) is 5.47. The molecule has 2 heterocycles. The third kappa shape index (κ3) is 4.11. The fraction of sp³-hybridized carbons (Fsp3) is 0.467. The van der Waals surface area contributed by atoms with Gasteiger partial charge in [-0.05, 0) is 32.8 Å². The van der Waals surface area contributed by atoms with Gasteiger partial charge in [0.1, 0.15) is 5.69 Å². The van der Waals surface area contributed by atoms with E-state index in [9.17, 15) is 4.79 Å². The predicted octanol–water partition coefficient (Wildman–Crippen LogP) is 1.66. The molecule has 0 saturated heterocycles. The van der Waals surface area contributed by atoms with E-state index in [0.29, 0.717) is 12.2 Å². The highest BCUT2D eigenvalue weighted by Gasteiger charge is 2.11. The number of hydrogen-bond acceptors (Lipinski definition) is 4. The lowest BCUT2D eigenvalue weighted by molar-refractivity contribution is 0.0941. The Hall–Kier alpha value is -2.24. The molecule has 0 unspecified atom stereocenters. The number of carbonyl (C=O) groups excluding carboxylic acids is 1. The van der Waals surface area contributed by atoms with Crippen LogP contribution in [0.3, 0.4) is 0 Å². The van der Waals surface area contributed by atoms with Crippen molar-refractivity contribution in [1.29, 1.82) is 0 Å². The highest BCUT2D eigenvalue weighted by atomic mass is 16.1. The van der Waals surface area contributed by atoms with Crippen LogP contribution in [-0.4, -0.2) is 32.2 Å². The van der Waals surface area contributed by atoms with Gasteiger partial charge in [-0.2, -0.15) is 5.10 Å². The summed E-state index contributed by atoms with van der Waals surface area (Å²) in [6.45, 7) is 9.29. The summed E-state index contributed by atoms with van der Waals surface area (Å²) < 4.78 is 1.97. The molecular weight excluding hydrogens is 266 g/mol. The average molecular weight is 287 g/mol. The number of carbonyl (C=O) groups is 1. The molecule has 1 atom stereocenters. The zero-order valence-corrected chi connectivity index (χ0v) is 12.9. The van der Waals surface area contributed by atoms with Gasteiger partial charge in [-0.25, -0.2) is 4.98 Å². The van der Waals surface area contributed by atoms with Crippen LogP contribution < -0.4 is 5.32 Å². The first-order chi connectivity index (χ1) is 9.95. The number of nitrogens with one attached hydrogen (secondary N) is 1. The van der Waals surface area contributed by atoms with E-state index in [2.05, 4.69) is 27.3 Å². The molecule has 0 saturated carbocycles. The summed E-state index contributed by atoms with van der Waals surface area (Å²) in [7, 11) is 0. The number of aromatic nitrogens is 4. The van der Waals surface area contributed by atoms with Crippen molar-refractivity contribution in [2.24, 2.45) is 5.92 Å². The minimum Gasteiger partial charge on any atom is -0.350 e. The van der Waals surface area contributed by atoms with E-state index in [-0.39, 0.29) is 11.8 Å². The molecule has 0 aliphatic heterocycles. The molecule has 2 aromatic rings. The van der Waals surface area contributed by atoms with Crippen molar-refractivity contribution in [3.8, 4) is 0 Å². The van der Waals surface area contributed by atoms with Crippen LogP contribution in [0.5, 0.6) is 0 Å². The van der Waals surface area contributed by atoms with Gasteiger partial charge in [0.15, 0.2) is 0 Å². The summed E-state index contributed by atoms with van der Waals surface area (Å²) in [6.07, 6.45) is 3.09. The maximum Gasteiger partial charge on any atom is 0.271 e. The normalized spacial score (nSPS) is 12.2. The number of hydrogen-bond donors (Lipinski definition) is 1. The predicted molar refractivity (Wildman–Crippen MR) is 80.0 cm³/mol. The molecule has 2 aromatic heterocycles. The summed E-state index contributed by atoms with van der Waals surface area (Å²) in [5.41, 5.74) is 3.29. The molecule has 0 aliphatic rings. The van der Waals surface area contributed by atoms with Gasteiger partial charge in [-0.1, -0.05) is 6.92 Å². The fourth-order valence-electron chi connectivity index (χ4n) is 2.09. The minimum atomic E-state index is -0.192. The molecule has 0 aliphatic carbocycles. The number of amides is 1. The van der Waals surface area contributed by atoms with Gasteiger partial charge >= 0.3 is 0 Å². The number of nitrogens with zero attached hydrogens (tertiary/aromatic N) is 4. The van der Waals surface area contributed by atoms with Crippen molar-refractivity contribution >= 4 is 5.91 Å². The summed E-state index contributed by atoms with van der Waals surface area (Å²) >= 11 is 0. The van der Waals surface area contributed by atoms with E-state index in [4.69, 9.17) is 0 Å². The zero-order valence-electron chi connectivity index (χ0n) is 12.9. The standard InChI is InChI=1S/C15H21N5O/c1-10(9-20-13(4)5-11(2)19-20)6-18-15(21)14-8-16-12(3)7-17-14/h5,7-8,10H,6,9H2,1-4H3,(H,18,21)/t10-/m0/s1. The first-order valence-electron chi connectivity index (χ1n) is 7.03. The molecule has 0 bridgehead atoms. The van der Waals surface area contributed by atoms with E-state index in [1.54, 1.807) is 6.20 Å². The van der Waals surface area contributed by atoms with Crippen molar-refractivity contribution in [1.82, 2.24) is 25.1 Å². The highest BCUT2D eigenvalue weighted by Crippen LogP contribution is 2.06.